The summed E-state index contributed by atoms with van der Waals surface area (Å²) in [5.74, 6) is -0.377. The van der Waals surface area contributed by atoms with Gasteiger partial charge in [-0.25, -0.2) is 4.98 Å². The van der Waals surface area contributed by atoms with Gasteiger partial charge >= 0.3 is 0 Å². The van der Waals surface area contributed by atoms with E-state index in [-0.39, 0.29) is 12.3 Å². The fourth-order valence-corrected chi connectivity index (χ4v) is 4.52. The Labute approximate surface area is 197 Å². The molecule has 7 nitrogen and oxygen atoms in total. The molecule has 4 aromatic rings. The molecule has 0 saturated carbocycles. The summed E-state index contributed by atoms with van der Waals surface area (Å²) in [6.45, 7) is 2.80. The number of hydrogen-bond donors (Lipinski definition) is 1. The Morgan fingerprint density at radius 1 is 0.882 bits per heavy atom. The van der Waals surface area contributed by atoms with Crippen LogP contribution in [0.3, 0.4) is 0 Å². The van der Waals surface area contributed by atoms with Gasteiger partial charge in [-0.05, 0) is 36.8 Å². The van der Waals surface area contributed by atoms with Gasteiger partial charge in [-0.1, -0.05) is 54.6 Å². The number of amides is 3. The van der Waals surface area contributed by atoms with Gasteiger partial charge in [0.05, 0.1) is 22.2 Å². The topological polar surface area (TPSA) is 84.3 Å². The van der Waals surface area contributed by atoms with E-state index in [0.717, 1.165) is 27.3 Å². The summed E-state index contributed by atoms with van der Waals surface area (Å²) < 4.78 is 2.05. The molecule has 1 atom stereocenters. The number of imidazole rings is 1. The summed E-state index contributed by atoms with van der Waals surface area (Å²) in [7, 11) is 0. The number of benzene rings is 3. The molecule has 1 unspecified atom stereocenters. The van der Waals surface area contributed by atoms with Crippen molar-refractivity contribution >= 4 is 28.8 Å². The molecule has 7 heteroatoms. The van der Waals surface area contributed by atoms with E-state index in [1.165, 1.54) is 0 Å². The second-order valence-electron chi connectivity index (χ2n) is 8.32. The minimum Gasteiger partial charge on any atom is -0.352 e. The first kappa shape index (κ1) is 21.6. The highest BCUT2D eigenvalue weighted by Gasteiger charge is 2.42. The molecular weight excluding hydrogens is 428 g/mol. The van der Waals surface area contributed by atoms with Gasteiger partial charge in [0.1, 0.15) is 11.9 Å². The van der Waals surface area contributed by atoms with Crippen LogP contribution in [0.4, 0.5) is 0 Å². The highest BCUT2D eigenvalue weighted by molar-refractivity contribution is 6.22. The molecule has 2 heterocycles. The average Bonchev–Trinajstić information content (AvgIpc) is 3.31. The fraction of sp³-hybridized carbons (Fsp3) is 0.185. The van der Waals surface area contributed by atoms with Crippen molar-refractivity contribution in [3.05, 3.63) is 101 Å². The number of carbonyl (C=O) groups excluding carboxylic acids is 3. The lowest BCUT2D eigenvalue weighted by Gasteiger charge is -2.25. The van der Waals surface area contributed by atoms with Crippen molar-refractivity contribution in [2.24, 2.45) is 0 Å². The molecule has 1 aromatic heterocycles. The van der Waals surface area contributed by atoms with Crippen LogP contribution < -0.4 is 5.32 Å². The SMILES string of the molecule is Cc1nc2ccccc2n1CCNC(=O)C(Cc1ccccc1)N1C(=O)c2ccccc2C1=O. The molecule has 170 valence electrons. The van der Waals surface area contributed by atoms with E-state index in [1.807, 2.05) is 66.1 Å². The van der Waals surface area contributed by atoms with Gasteiger partial charge in [-0.3, -0.25) is 19.3 Å². The van der Waals surface area contributed by atoms with Crippen LogP contribution in [-0.4, -0.2) is 44.8 Å². The van der Waals surface area contributed by atoms with Crippen molar-refractivity contribution < 1.29 is 14.4 Å². The summed E-state index contributed by atoms with van der Waals surface area (Å²) in [6, 6.07) is 23.0. The monoisotopic (exact) mass is 452 g/mol. The minimum absolute atomic E-state index is 0.241. The molecule has 1 N–H and O–H groups in total. The van der Waals surface area contributed by atoms with Crippen molar-refractivity contribution in [2.45, 2.75) is 25.9 Å². The van der Waals surface area contributed by atoms with Gasteiger partial charge in [0.15, 0.2) is 0 Å². The number of nitrogens with one attached hydrogen (secondary N) is 1. The van der Waals surface area contributed by atoms with Gasteiger partial charge in [0.25, 0.3) is 11.8 Å². The Hall–Kier alpha value is -4.26. The minimum atomic E-state index is -0.949. The lowest BCUT2D eigenvalue weighted by atomic mass is 10.0. The predicted molar refractivity (Wildman–Crippen MR) is 128 cm³/mol. The Balaban J connectivity index is 1.37. The summed E-state index contributed by atoms with van der Waals surface area (Å²) in [6.07, 6.45) is 0.241. The zero-order valence-corrected chi connectivity index (χ0v) is 18.8. The summed E-state index contributed by atoms with van der Waals surface area (Å²) in [5, 5.41) is 2.94. The van der Waals surface area contributed by atoms with Crippen molar-refractivity contribution in [1.82, 2.24) is 19.8 Å². The first-order chi connectivity index (χ1) is 16.5. The van der Waals surface area contributed by atoms with Crippen LogP contribution in [0, 0.1) is 6.92 Å². The maximum Gasteiger partial charge on any atom is 0.262 e. The predicted octanol–water partition coefficient (Wildman–Crippen LogP) is 3.37. The van der Waals surface area contributed by atoms with Crippen molar-refractivity contribution in [2.75, 3.05) is 6.54 Å². The quantitative estimate of drug-likeness (QED) is 0.436. The number of aromatic nitrogens is 2. The van der Waals surface area contributed by atoms with Crippen molar-refractivity contribution in [1.29, 1.82) is 0 Å². The highest BCUT2D eigenvalue weighted by atomic mass is 16.2. The maximum absolute atomic E-state index is 13.4. The van der Waals surface area contributed by atoms with Crippen molar-refractivity contribution in [3.8, 4) is 0 Å². The molecule has 3 amide bonds. The molecule has 0 saturated heterocycles. The van der Waals surface area contributed by atoms with Gasteiger partial charge in [0, 0.05) is 19.5 Å². The van der Waals surface area contributed by atoms with Crippen LogP contribution in [-0.2, 0) is 17.8 Å². The van der Waals surface area contributed by atoms with E-state index in [4.69, 9.17) is 0 Å². The molecule has 0 fully saturated rings. The summed E-state index contributed by atoms with van der Waals surface area (Å²) in [4.78, 5) is 45.2. The summed E-state index contributed by atoms with van der Waals surface area (Å²) >= 11 is 0. The first-order valence-electron chi connectivity index (χ1n) is 11.2. The number of fused-ring (bicyclic) bond motifs is 2. The van der Waals surface area contributed by atoms with Gasteiger partial charge in [0.2, 0.25) is 5.91 Å². The molecule has 3 aromatic carbocycles. The van der Waals surface area contributed by atoms with E-state index < -0.39 is 17.9 Å². The second-order valence-corrected chi connectivity index (χ2v) is 8.32. The van der Waals surface area contributed by atoms with E-state index in [2.05, 4.69) is 10.3 Å². The maximum atomic E-state index is 13.4. The van der Waals surface area contributed by atoms with Gasteiger partial charge in [-0.2, -0.15) is 0 Å². The largest absolute Gasteiger partial charge is 0.352 e. The molecule has 0 spiro atoms. The molecule has 34 heavy (non-hydrogen) atoms. The van der Waals surface area contributed by atoms with E-state index in [0.29, 0.717) is 24.2 Å². The van der Waals surface area contributed by atoms with Gasteiger partial charge in [-0.15, -0.1) is 0 Å². The molecule has 1 aliphatic rings. The third-order valence-electron chi connectivity index (χ3n) is 6.19. The average molecular weight is 453 g/mol. The summed E-state index contributed by atoms with van der Waals surface area (Å²) in [5.41, 5.74) is 3.43. The number of nitrogens with zero attached hydrogens (tertiary/aromatic N) is 3. The van der Waals surface area contributed by atoms with Crippen LogP contribution >= 0.6 is 0 Å². The third-order valence-corrected chi connectivity index (χ3v) is 6.19. The second kappa shape index (κ2) is 8.94. The Morgan fingerprint density at radius 3 is 2.21 bits per heavy atom. The third kappa shape index (κ3) is 3.85. The normalized spacial score (nSPS) is 13.9. The van der Waals surface area contributed by atoms with E-state index in [9.17, 15) is 14.4 Å². The van der Waals surface area contributed by atoms with Crippen LogP contribution in [0.15, 0.2) is 78.9 Å². The number of rotatable bonds is 7. The standard InChI is InChI=1S/C27H24N4O3/c1-18-29-22-13-7-8-14-23(22)30(18)16-15-28-25(32)24(17-19-9-3-2-4-10-19)31-26(33)20-11-5-6-12-21(20)27(31)34/h2-14,24H,15-17H2,1H3,(H,28,32). The number of carbonyl (C=O) groups is 3. The van der Waals surface area contributed by atoms with Crippen LogP contribution in [0.25, 0.3) is 11.0 Å². The first-order valence-corrected chi connectivity index (χ1v) is 11.2. The lowest BCUT2D eigenvalue weighted by molar-refractivity contribution is -0.125. The Bertz CT molecular complexity index is 1360. The Kier molecular flexibility index (Phi) is 5.67. The number of imide groups is 1. The smallest absolute Gasteiger partial charge is 0.262 e. The Morgan fingerprint density at radius 2 is 1.50 bits per heavy atom. The van der Waals surface area contributed by atoms with Crippen LogP contribution in [0.1, 0.15) is 32.1 Å². The van der Waals surface area contributed by atoms with E-state index in [1.54, 1.807) is 24.3 Å². The molecule has 5 rings (SSSR count). The van der Waals surface area contributed by atoms with Crippen molar-refractivity contribution in [3.63, 3.8) is 0 Å². The number of hydrogen-bond acceptors (Lipinski definition) is 4. The number of para-hydroxylation sites is 2. The van der Waals surface area contributed by atoms with Crippen LogP contribution in [0.2, 0.25) is 0 Å². The lowest BCUT2D eigenvalue weighted by Crippen LogP contribution is -2.51. The zero-order chi connectivity index (χ0) is 23.7. The van der Waals surface area contributed by atoms with Crippen LogP contribution in [0.5, 0.6) is 0 Å². The fourth-order valence-electron chi connectivity index (χ4n) is 4.52. The van der Waals surface area contributed by atoms with Gasteiger partial charge < -0.3 is 9.88 Å². The molecule has 0 radical (unpaired) electrons. The zero-order valence-electron chi connectivity index (χ0n) is 18.8. The highest BCUT2D eigenvalue weighted by Crippen LogP contribution is 2.26. The molecule has 0 bridgehead atoms. The molecule has 0 aliphatic carbocycles. The molecular formula is C27H24N4O3. The number of aryl methyl sites for hydroxylation is 1. The molecule has 1 aliphatic heterocycles. The van der Waals surface area contributed by atoms with E-state index >= 15 is 0 Å².